The number of hydrogen-bond acceptors (Lipinski definition) is 7. The van der Waals surface area contributed by atoms with Crippen molar-refractivity contribution in [1.29, 1.82) is 0 Å². The van der Waals surface area contributed by atoms with Gasteiger partial charge in [-0.1, -0.05) is 13.8 Å². The van der Waals surface area contributed by atoms with E-state index in [2.05, 4.69) is 57.7 Å². The van der Waals surface area contributed by atoms with Crippen molar-refractivity contribution < 1.29 is 4.74 Å². The number of nitrogens with one attached hydrogen (secondary N) is 1. The summed E-state index contributed by atoms with van der Waals surface area (Å²) < 4.78 is 8.16. The summed E-state index contributed by atoms with van der Waals surface area (Å²) in [6, 6.07) is 8.75. The van der Waals surface area contributed by atoms with Gasteiger partial charge >= 0.3 is 0 Å². The highest BCUT2D eigenvalue weighted by atomic mass is 16.5. The molecule has 1 aliphatic rings. The maximum Gasteiger partial charge on any atom is 0.229 e. The number of aromatic nitrogens is 5. The normalized spacial score (nSPS) is 14.6. The number of pyridine rings is 1. The van der Waals surface area contributed by atoms with Crippen molar-refractivity contribution in [1.82, 2.24) is 24.5 Å². The van der Waals surface area contributed by atoms with Gasteiger partial charge in [-0.15, -0.1) is 0 Å². The largest absolute Gasteiger partial charge is 0.494 e. The van der Waals surface area contributed by atoms with Gasteiger partial charge in [0.05, 0.1) is 18.3 Å². The molecule has 182 valence electrons. The third-order valence-electron chi connectivity index (χ3n) is 6.76. The summed E-state index contributed by atoms with van der Waals surface area (Å²) in [6.45, 7) is 10.9. The van der Waals surface area contributed by atoms with Gasteiger partial charge in [0.15, 0.2) is 5.65 Å². The van der Waals surface area contributed by atoms with Gasteiger partial charge in [0.1, 0.15) is 11.6 Å². The molecule has 5 rings (SSSR count). The number of anilines is 3. The average Bonchev–Trinajstić information content (AvgIpc) is 3.41. The third-order valence-corrected chi connectivity index (χ3v) is 6.76. The Morgan fingerprint density at radius 1 is 1.14 bits per heavy atom. The molecule has 4 aromatic rings. The van der Waals surface area contributed by atoms with Crippen LogP contribution in [0, 0.1) is 6.92 Å². The predicted molar refractivity (Wildman–Crippen MR) is 140 cm³/mol. The summed E-state index contributed by atoms with van der Waals surface area (Å²) in [7, 11) is 0. The van der Waals surface area contributed by atoms with Crippen molar-refractivity contribution in [3.8, 4) is 5.75 Å². The molecule has 1 N–H and O–H groups in total. The van der Waals surface area contributed by atoms with E-state index in [1.54, 1.807) is 6.20 Å². The lowest BCUT2D eigenvalue weighted by atomic mass is 9.99. The van der Waals surface area contributed by atoms with Gasteiger partial charge in [0.2, 0.25) is 5.95 Å². The second-order valence-corrected chi connectivity index (χ2v) is 9.38. The lowest BCUT2D eigenvalue weighted by molar-refractivity contribution is 0.337. The molecule has 0 atom stereocenters. The van der Waals surface area contributed by atoms with Crippen LogP contribution in [0.3, 0.4) is 0 Å². The van der Waals surface area contributed by atoms with Crippen LogP contribution in [0.25, 0.3) is 11.0 Å². The molecule has 0 amide bonds. The van der Waals surface area contributed by atoms with Crippen molar-refractivity contribution in [2.24, 2.45) is 0 Å². The molecule has 0 aliphatic carbocycles. The van der Waals surface area contributed by atoms with Crippen LogP contribution < -0.4 is 15.0 Å². The van der Waals surface area contributed by atoms with E-state index in [1.165, 1.54) is 5.56 Å². The van der Waals surface area contributed by atoms with E-state index in [0.29, 0.717) is 30.2 Å². The molecule has 3 aromatic heterocycles. The fraction of sp³-hybridized carbons (Fsp3) is 0.407. The maximum absolute atomic E-state index is 5.95. The Balaban J connectivity index is 1.48. The fourth-order valence-corrected chi connectivity index (χ4v) is 4.64. The maximum atomic E-state index is 5.95. The molecule has 1 aliphatic heterocycles. The summed E-state index contributed by atoms with van der Waals surface area (Å²) in [6.07, 6.45) is 9.62. The smallest absolute Gasteiger partial charge is 0.229 e. The lowest BCUT2D eigenvalue weighted by Gasteiger charge is -2.32. The monoisotopic (exact) mass is 471 g/mol. The molecule has 4 heterocycles. The highest BCUT2D eigenvalue weighted by Gasteiger charge is 2.23. The van der Waals surface area contributed by atoms with Gasteiger partial charge in [-0.05, 0) is 62.4 Å². The molecule has 8 heteroatoms. The minimum Gasteiger partial charge on any atom is -0.494 e. The Labute approximate surface area is 206 Å². The summed E-state index contributed by atoms with van der Waals surface area (Å²) in [5.74, 6) is 2.76. The van der Waals surface area contributed by atoms with Gasteiger partial charge in [-0.3, -0.25) is 0 Å². The minimum atomic E-state index is 0.381. The van der Waals surface area contributed by atoms with Crippen LogP contribution in [-0.4, -0.2) is 44.2 Å². The Morgan fingerprint density at radius 3 is 2.69 bits per heavy atom. The molecule has 8 nitrogen and oxygen atoms in total. The Morgan fingerprint density at radius 2 is 1.97 bits per heavy atom. The van der Waals surface area contributed by atoms with Gasteiger partial charge < -0.3 is 19.5 Å². The number of hydrogen-bond donors (Lipinski definition) is 1. The zero-order valence-corrected chi connectivity index (χ0v) is 20.9. The highest BCUT2D eigenvalue weighted by Crippen LogP contribution is 2.35. The minimum absolute atomic E-state index is 0.381. The fourth-order valence-electron chi connectivity index (χ4n) is 4.64. The second-order valence-electron chi connectivity index (χ2n) is 9.38. The Kier molecular flexibility index (Phi) is 6.53. The molecule has 0 saturated carbocycles. The van der Waals surface area contributed by atoms with Gasteiger partial charge in [-0.25, -0.2) is 9.97 Å². The first-order chi connectivity index (χ1) is 17.0. The van der Waals surface area contributed by atoms with Crippen molar-refractivity contribution in [3.63, 3.8) is 0 Å². The molecule has 1 fully saturated rings. The SMILES string of the molecule is CCOc1cc(C(C)C)cc(Nc2nc(N3CCC(n4ccnc4)CC3)nc3ncccc23)c1C. The molecule has 0 bridgehead atoms. The van der Waals surface area contributed by atoms with Crippen molar-refractivity contribution in [3.05, 3.63) is 60.3 Å². The second kappa shape index (κ2) is 9.90. The van der Waals surface area contributed by atoms with E-state index in [4.69, 9.17) is 14.7 Å². The zero-order valence-electron chi connectivity index (χ0n) is 20.9. The predicted octanol–water partition coefficient (Wildman–Crippen LogP) is 5.64. The molecule has 0 unspecified atom stereocenters. The topological polar surface area (TPSA) is 81.0 Å². The Hall–Kier alpha value is -3.68. The van der Waals surface area contributed by atoms with Crippen LogP contribution in [0.5, 0.6) is 5.75 Å². The van der Waals surface area contributed by atoms with Crippen molar-refractivity contribution >= 4 is 28.5 Å². The number of piperidine rings is 1. The van der Waals surface area contributed by atoms with Crippen LogP contribution in [0.15, 0.2) is 49.2 Å². The van der Waals surface area contributed by atoms with Crippen LogP contribution in [0.1, 0.15) is 56.7 Å². The van der Waals surface area contributed by atoms with E-state index < -0.39 is 0 Å². The lowest BCUT2D eigenvalue weighted by Crippen LogP contribution is -2.35. The van der Waals surface area contributed by atoms with Crippen molar-refractivity contribution in [2.45, 2.75) is 52.5 Å². The van der Waals surface area contributed by atoms with Crippen molar-refractivity contribution in [2.75, 3.05) is 29.9 Å². The molecular weight excluding hydrogens is 438 g/mol. The molecule has 0 radical (unpaired) electrons. The standard InChI is InChI=1S/C27H33N7O/c1-5-35-24-16-20(18(2)3)15-23(19(24)4)30-26-22-7-6-10-29-25(22)31-27(32-26)33-12-8-21(9-13-33)34-14-11-28-17-34/h6-7,10-11,14-18,21H,5,8-9,12-13H2,1-4H3,(H,29,30,31,32). The number of imidazole rings is 1. The quantitative estimate of drug-likeness (QED) is 0.374. The van der Waals surface area contributed by atoms with Crippen LogP contribution in [-0.2, 0) is 0 Å². The summed E-state index contributed by atoms with van der Waals surface area (Å²) in [5.41, 5.74) is 3.97. The van der Waals surface area contributed by atoms with Gasteiger partial charge in [0.25, 0.3) is 0 Å². The zero-order chi connectivity index (χ0) is 24.4. The van der Waals surface area contributed by atoms with Crippen LogP contribution in [0.2, 0.25) is 0 Å². The molecule has 1 saturated heterocycles. The first kappa shape index (κ1) is 23.1. The van der Waals surface area contributed by atoms with Gasteiger partial charge in [-0.2, -0.15) is 9.97 Å². The number of ether oxygens (including phenoxy) is 1. The van der Waals surface area contributed by atoms with Gasteiger partial charge in [0, 0.05) is 49.0 Å². The number of benzene rings is 1. The molecule has 35 heavy (non-hydrogen) atoms. The van der Waals surface area contributed by atoms with Crippen LogP contribution >= 0.6 is 0 Å². The van der Waals surface area contributed by atoms with E-state index in [1.807, 2.05) is 37.8 Å². The van der Waals surface area contributed by atoms with E-state index >= 15 is 0 Å². The number of rotatable bonds is 7. The van der Waals surface area contributed by atoms with E-state index in [0.717, 1.165) is 54.1 Å². The highest BCUT2D eigenvalue weighted by molar-refractivity contribution is 5.90. The molecule has 0 spiro atoms. The van der Waals surface area contributed by atoms with E-state index in [-0.39, 0.29) is 0 Å². The summed E-state index contributed by atoms with van der Waals surface area (Å²) in [5, 5.41) is 4.51. The summed E-state index contributed by atoms with van der Waals surface area (Å²) in [4.78, 5) is 20.8. The van der Waals surface area contributed by atoms with Crippen LogP contribution in [0.4, 0.5) is 17.5 Å². The third kappa shape index (κ3) is 4.78. The first-order valence-corrected chi connectivity index (χ1v) is 12.4. The summed E-state index contributed by atoms with van der Waals surface area (Å²) >= 11 is 0. The molecule has 1 aromatic carbocycles. The number of fused-ring (bicyclic) bond motifs is 1. The van der Waals surface area contributed by atoms with E-state index in [9.17, 15) is 0 Å². The molecular formula is C27H33N7O. The average molecular weight is 472 g/mol. The number of nitrogens with zero attached hydrogens (tertiary/aromatic N) is 6. The Bertz CT molecular complexity index is 1290. The first-order valence-electron chi connectivity index (χ1n) is 12.4.